The largest absolute Gasteiger partial charge is 0.392 e. The molecule has 1 aliphatic carbocycles. The quantitative estimate of drug-likeness (QED) is 0.425. The Labute approximate surface area is 120 Å². The van der Waals surface area contributed by atoms with E-state index in [1.165, 1.54) is 12.8 Å². The number of rotatable bonds is 11. The molecule has 1 aliphatic rings. The summed E-state index contributed by atoms with van der Waals surface area (Å²) in [6.45, 7) is 3.17. The minimum atomic E-state index is -0.463. The minimum absolute atomic E-state index is 0.0171. The average Bonchev–Trinajstić information content (AvgIpc) is 3.18. The summed E-state index contributed by atoms with van der Waals surface area (Å²) >= 11 is 0. The van der Waals surface area contributed by atoms with Gasteiger partial charge in [-0.1, -0.05) is 19.8 Å². The van der Waals surface area contributed by atoms with Gasteiger partial charge in [0.25, 0.3) is 0 Å². The zero-order chi connectivity index (χ0) is 15.0. The molecule has 1 fully saturated rings. The van der Waals surface area contributed by atoms with Crippen LogP contribution in [0, 0.1) is 5.92 Å². The van der Waals surface area contributed by atoms with Crippen LogP contribution < -0.4 is 16.4 Å². The van der Waals surface area contributed by atoms with Gasteiger partial charge >= 0.3 is 0 Å². The normalized spacial score (nSPS) is 17.5. The molecule has 0 heterocycles. The molecule has 2 amide bonds. The van der Waals surface area contributed by atoms with Gasteiger partial charge in [-0.3, -0.25) is 9.59 Å². The van der Waals surface area contributed by atoms with Gasteiger partial charge in [-0.25, -0.2) is 0 Å². The Balaban J connectivity index is 2.11. The smallest absolute Gasteiger partial charge is 0.220 e. The van der Waals surface area contributed by atoms with Crippen molar-refractivity contribution in [2.45, 2.75) is 57.6 Å². The van der Waals surface area contributed by atoms with Crippen molar-refractivity contribution in [3.05, 3.63) is 0 Å². The summed E-state index contributed by atoms with van der Waals surface area (Å²) in [7, 11) is 0. The fraction of sp³-hybridized carbons (Fsp3) is 0.857. The van der Waals surface area contributed by atoms with Gasteiger partial charge < -0.3 is 21.5 Å². The second-order valence-corrected chi connectivity index (χ2v) is 5.63. The third-order valence-corrected chi connectivity index (χ3v) is 3.53. The first kappa shape index (κ1) is 16.9. The molecule has 2 atom stereocenters. The van der Waals surface area contributed by atoms with Crippen molar-refractivity contribution >= 4 is 11.8 Å². The van der Waals surface area contributed by atoms with Gasteiger partial charge in [0.1, 0.15) is 0 Å². The number of primary amides is 1. The van der Waals surface area contributed by atoms with Gasteiger partial charge in [0, 0.05) is 32.0 Å². The lowest BCUT2D eigenvalue weighted by atomic mass is 10.1. The molecule has 20 heavy (non-hydrogen) atoms. The van der Waals surface area contributed by atoms with Crippen molar-refractivity contribution in [3.8, 4) is 0 Å². The zero-order valence-corrected chi connectivity index (χ0v) is 12.2. The van der Waals surface area contributed by atoms with Gasteiger partial charge in [0.2, 0.25) is 11.8 Å². The van der Waals surface area contributed by atoms with Crippen molar-refractivity contribution in [2.75, 3.05) is 13.1 Å². The Bertz CT molecular complexity index is 319. The average molecular weight is 285 g/mol. The van der Waals surface area contributed by atoms with Crippen LogP contribution in [0.25, 0.3) is 0 Å². The number of amides is 2. The van der Waals surface area contributed by atoms with Gasteiger partial charge in [-0.2, -0.15) is 0 Å². The lowest BCUT2D eigenvalue weighted by Crippen LogP contribution is -2.43. The minimum Gasteiger partial charge on any atom is -0.392 e. The monoisotopic (exact) mass is 285 g/mol. The number of hydrogen-bond donors (Lipinski definition) is 4. The van der Waals surface area contributed by atoms with Crippen LogP contribution in [-0.2, 0) is 9.59 Å². The SMILES string of the molecule is CC[C@@H](CNC[C@@H](O)CC1CC1)NC(=O)CCC(N)=O. The maximum atomic E-state index is 11.6. The molecule has 0 aromatic heterocycles. The Morgan fingerprint density at radius 1 is 1.30 bits per heavy atom. The topological polar surface area (TPSA) is 104 Å². The van der Waals surface area contributed by atoms with E-state index in [1.54, 1.807) is 0 Å². The summed E-state index contributed by atoms with van der Waals surface area (Å²) in [5.41, 5.74) is 5.00. The second kappa shape index (κ2) is 8.92. The molecule has 0 saturated heterocycles. The fourth-order valence-corrected chi connectivity index (χ4v) is 2.08. The Morgan fingerprint density at radius 3 is 2.55 bits per heavy atom. The Hall–Kier alpha value is -1.14. The van der Waals surface area contributed by atoms with Crippen LogP contribution in [0.2, 0.25) is 0 Å². The van der Waals surface area contributed by atoms with E-state index in [1.807, 2.05) is 6.92 Å². The third-order valence-electron chi connectivity index (χ3n) is 3.53. The first-order valence-electron chi connectivity index (χ1n) is 7.47. The summed E-state index contributed by atoms with van der Waals surface area (Å²) in [5, 5.41) is 15.8. The van der Waals surface area contributed by atoms with Gasteiger partial charge in [-0.15, -0.1) is 0 Å². The maximum Gasteiger partial charge on any atom is 0.220 e. The van der Waals surface area contributed by atoms with E-state index in [4.69, 9.17) is 5.73 Å². The molecule has 1 saturated carbocycles. The maximum absolute atomic E-state index is 11.6. The molecule has 6 nitrogen and oxygen atoms in total. The van der Waals surface area contributed by atoms with Crippen molar-refractivity contribution in [3.63, 3.8) is 0 Å². The highest BCUT2D eigenvalue weighted by molar-refractivity contribution is 5.82. The summed E-state index contributed by atoms with van der Waals surface area (Å²) in [4.78, 5) is 22.2. The number of carbonyl (C=O) groups is 2. The second-order valence-electron chi connectivity index (χ2n) is 5.63. The number of carbonyl (C=O) groups excluding carboxylic acids is 2. The molecule has 0 aromatic rings. The fourth-order valence-electron chi connectivity index (χ4n) is 2.08. The number of nitrogens with one attached hydrogen (secondary N) is 2. The van der Waals surface area contributed by atoms with Crippen molar-refractivity contribution < 1.29 is 14.7 Å². The molecule has 116 valence electrons. The first-order chi connectivity index (χ1) is 9.51. The van der Waals surface area contributed by atoms with Crippen molar-refractivity contribution in [1.29, 1.82) is 0 Å². The standard InChI is InChI=1S/C14H27N3O3/c1-2-11(17-14(20)6-5-13(15)19)8-16-9-12(18)7-10-3-4-10/h10-12,16,18H,2-9H2,1H3,(H2,15,19)(H,17,20)/t11-,12-/m0/s1. The first-order valence-corrected chi connectivity index (χ1v) is 7.47. The van der Waals surface area contributed by atoms with Gasteiger partial charge in [0.05, 0.1) is 6.10 Å². The highest BCUT2D eigenvalue weighted by Crippen LogP contribution is 2.33. The summed E-state index contributed by atoms with van der Waals surface area (Å²) < 4.78 is 0. The van der Waals surface area contributed by atoms with E-state index in [9.17, 15) is 14.7 Å². The lowest BCUT2D eigenvalue weighted by molar-refractivity contribution is -0.125. The summed E-state index contributed by atoms with van der Waals surface area (Å²) in [6.07, 6.45) is 4.06. The van der Waals surface area contributed by atoms with E-state index < -0.39 is 5.91 Å². The van der Waals surface area contributed by atoms with Crippen LogP contribution in [0.1, 0.15) is 45.4 Å². The number of aliphatic hydroxyl groups is 1. The number of hydrogen-bond acceptors (Lipinski definition) is 4. The third kappa shape index (κ3) is 8.12. The molecule has 0 radical (unpaired) electrons. The van der Waals surface area contributed by atoms with Crippen LogP contribution in [0.3, 0.4) is 0 Å². The molecule has 5 N–H and O–H groups in total. The van der Waals surface area contributed by atoms with E-state index in [0.717, 1.165) is 12.8 Å². The molecule has 1 rings (SSSR count). The Kier molecular flexibility index (Phi) is 7.54. The van der Waals surface area contributed by atoms with Crippen LogP contribution in [0.4, 0.5) is 0 Å². The molecule has 0 bridgehead atoms. The van der Waals surface area contributed by atoms with E-state index >= 15 is 0 Å². The Morgan fingerprint density at radius 2 is 2.00 bits per heavy atom. The van der Waals surface area contributed by atoms with Crippen LogP contribution in [-0.4, -0.2) is 42.2 Å². The van der Waals surface area contributed by atoms with Crippen molar-refractivity contribution in [2.24, 2.45) is 11.7 Å². The lowest BCUT2D eigenvalue weighted by Gasteiger charge is -2.19. The van der Waals surface area contributed by atoms with E-state index in [0.29, 0.717) is 19.0 Å². The van der Waals surface area contributed by atoms with E-state index in [-0.39, 0.29) is 30.9 Å². The molecule has 0 spiro atoms. The number of nitrogens with two attached hydrogens (primary N) is 1. The predicted octanol–water partition coefficient (Wildman–Crippen LogP) is -0.103. The van der Waals surface area contributed by atoms with Gasteiger partial charge in [0.15, 0.2) is 0 Å². The van der Waals surface area contributed by atoms with Crippen LogP contribution >= 0.6 is 0 Å². The molecule has 0 aliphatic heterocycles. The molecular weight excluding hydrogens is 258 g/mol. The molecule has 0 aromatic carbocycles. The summed E-state index contributed by atoms with van der Waals surface area (Å²) in [6, 6.07) is 0.0171. The van der Waals surface area contributed by atoms with Crippen LogP contribution in [0.5, 0.6) is 0 Å². The highest BCUT2D eigenvalue weighted by atomic mass is 16.3. The highest BCUT2D eigenvalue weighted by Gasteiger charge is 2.24. The van der Waals surface area contributed by atoms with E-state index in [2.05, 4.69) is 10.6 Å². The zero-order valence-electron chi connectivity index (χ0n) is 12.2. The van der Waals surface area contributed by atoms with Crippen LogP contribution in [0.15, 0.2) is 0 Å². The molecule has 0 unspecified atom stereocenters. The van der Waals surface area contributed by atoms with Crippen molar-refractivity contribution in [1.82, 2.24) is 10.6 Å². The molecular formula is C14H27N3O3. The predicted molar refractivity (Wildman–Crippen MR) is 76.9 cm³/mol. The molecule has 6 heteroatoms. The number of aliphatic hydroxyl groups excluding tert-OH is 1. The van der Waals surface area contributed by atoms with Gasteiger partial charge in [-0.05, 0) is 18.8 Å². The summed E-state index contributed by atoms with van der Waals surface area (Å²) in [5.74, 6) is 0.0905.